The van der Waals surface area contributed by atoms with Crippen molar-refractivity contribution in [3.8, 4) is 5.75 Å². The topological polar surface area (TPSA) is 27.1 Å². The molecule has 2 rings (SSSR count). The van der Waals surface area contributed by atoms with E-state index in [0.29, 0.717) is 0 Å². The number of halogens is 1. The van der Waals surface area contributed by atoms with Crippen LogP contribution >= 0.6 is 15.9 Å². The van der Waals surface area contributed by atoms with Crippen molar-refractivity contribution >= 4 is 27.0 Å². The van der Waals surface area contributed by atoms with E-state index in [0.717, 1.165) is 21.3 Å². The van der Waals surface area contributed by atoms with Gasteiger partial charge in [-0.1, -0.05) is 0 Å². The summed E-state index contributed by atoms with van der Waals surface area (Å²) in [6.45, 7) is 0. The van der Waals surface area contributed by atoms with Crippen molar-refractivity contribution in [2.24, 2.45) is 7.05 Å². The van der Waals surface area contributed by atoms with Crippen LogP contribution < -0.4 is 4.74 Å². The molecular weight excluding hydrogens is 232 g/mol. The highest BCUT2D eigenvalue weighted by molar-refractivity contribution is 9.10. The van der Waals surface area contributed by atoms with Gasteiger partial charge in [0.1, 0.15) is 11.3 Å². The molecule has 4 heteroatoms. The summed E-state index contributed by atoms with van der Waals surface area (Å²) >= 11 is 3.45. The number of hydrogen-bond donors (Lipinski definition) is 0. The molecule has 0 aliphatic heterocycles. The molecule has 0 radical (unpaired) electrons. The summed E-state index contributed by atoms with van der Waals surface area (Å²) in [5.41, 5.74) is 2.02. The number of nitrogens with zero attached hydrogens (tertiary/aromatic N) is 2. The predicted molar refractivity (Wildman–Crippen MR) is 55.0 cm³/mol. The molecule has 0 amide bonds. The summed E-state index contributed by atoms with van der Waals surface area (Å²) in [7, 11) is 3.62. The number of hydrogen-bond acceptors (Lipinski definition) is 2. The second kappa shape index (κ2) is 3.03. The Balaban J connectivity index is 2.80. The van der Waals surface area contributed by atoms with Crippen molar-refractivity contribution in [2.45, 2.75) is 0 Å². The van der Waals surface area contributed by atoms with Gasteiger partial charge in [-0.15, -0.1) is 0 Å². The molecule has 0 bridgehead atoms. The monoisotopic (exact) mass is 240 g/mol. The number of fused-ring (bicyclic) bond motifs is 1. The second-order valence-corrected chi connectivity index (χ2v) is 3.69. The van der Waals surface area contributed by atoms with Crippen molar-refractivity contribution in [3.63, 3.8) is 0 Å². The molecular formula is C9H9BrN2O. The SMILES string of the molecule is COc1cc(Br)c2ncn(C)c2c1. The van der Waals surface area contributed by atoms with Gasteiger partial charge in [0.2, 0.25) is 0 Å². The van der Waals surface area contributed by atoms with E-state index < -0.39 is 0 Å². The minimum absolute atomic E-state index is 0.836. The minimum Gasteiger partial charge on any atom is -0.497 e. The standard InChI is InChI=1S/C9H9BrN2O/c1-12-5-11-9-7(10)3-6(13-2)4-8(9)12/h3-5H,1-2H3. The number of aromatic nitrogens is 2. The molecule has 13 heavy (non-hydrogen) atoms. The second-order valence-electron chi connectivity index (χ2n) is 2.83. The van der Waals surface area contributed by atoms with Crippen molar-refractivity contribution in [1.82, 2.24) is 9.55 Å². The molecule has 1 heterocycles. The molecule has 0 atom stereocenters. The van der Waals surface area contributed by atoms with E-state index in [1.165, 1.54) is 0 Å². The van der Waals surface area contributed by atoms with E-state index in [2.05, 4.69) is 20.9 Å². The van der Waals surface area contributed by atoms with Crippen LogP contribution in [-0.4, -0.2) is 16.7 Å². The van der Waals surface area contributed by atoms with Gasteiger partial charge in [-0.3, -0.25) is 0 Å². The molecule has 0 unspecified atom stereocenters. The third-order valence-corrected chi connectivity index (χ3v) is 2.60. The molecule has 68 valence electrons. The van der Waals surface area contributed by atoms with E-state index in [1.54, 1.807) is 13.4 Å². The number of methoxy groups -OCH3 is 1. The summed E-state index contributed by atoms with van der Waals surface area (Å²) in [4.78, 5) is 4.25. The van der Waals surface area contributed by atoms with E-state index in [-0.39, 0.29) is 0 Å². The molecule has 0 saturated heterocycles. The number of rotatable bonds is 1. The molecule has 1 aromatic carbocycles. The first-order valence-corrected chi connectivity index (χ1v) is 4.66. The summed E-state index contributed by atoms with van der Waals surface area (Å²) in [6, 6.07) is 3.88. The van der Waals surface area contributed by atoms with Crippen LogP contribution in [-0.2, 0) is 7.05 Å². The Labute approximate surface area is 84.5 Å². The molecule has 3 nitrogen and oxygen atoms in total. The maximum absolute atomic E-state index is 5.16. The lowest BCUT2D eigenvalue weighted by Gasteiger charge is -2.01. The molecule has 0 aliphatic rings. The quantitative estimate of drug-likeness (QED) is 0.766. The Kier molecular flexibility index (Phi) is 2.00. The third kappa shape index (κ3) is 1.31. The zero-order valence-corrected chi connectivity index (χ0v) is 9.00. The van der Waals surface area contributed by atoms with Crippen molar-refractivity contribution < 1.29 is 4.74 Å². The van der Waals surface area contributed by atoms with E-state index in [9.17, 15) is 0 Å². The predicted octanol–water partition coefficient (Wildman–Crippen LogP) is 2.34. The lowest BCUT2D eigenvalue weighted by atomic mass is 10.3. The zero-order chi connectivity index (χ0) is 9.42. The van der Waals surface area contributed by atoms with Gasteiger partial charge in [0.15, 0.2) is 0 Å². The van der Waals surface area contributed by atoms with Crippen LogP contribution in [0.25, 0.3) is 11.0 Å². The summed E-state index contributed by atoms with van der Waals surface area (Å²) in [5.74, 6) is 0.836. The number of imidazole rings is 1. The molecule has 0 spiro atoms. The molecule has 2 aromatic rings. The molecule has 0 aliphatic carbocycles. The van der Waals surface area contributed by atoms with Crippen molar-refractivity contribution in [1.29, 1.82) is 0 Å². The highest BCUT2D eigenvalue weighted by Gasteiger charge is 2.05. The van der Waals surface area contributed by atoms with Gasteiger partial charge < -0.3 is 9.30 Å². The Bertz CT molecular complexity index is 450. The van der Waals surface area contributed by atoms with Gasteiger partial charge in [0.25, 0.3) is 0 Å². The van der Waals surface area contributed by atoms with E-state index in [1.807, 2.05) is 23.7 Å². The largest absolute Gasteiger partial charge is 0.497 e. The smallest absolute Gasteiger partial charge is 0.122 e. The summed E-state index contributed by atoms with van der Waals surface area (Å²) in [6.07, 6.45) is 1.79. The van der Waals surface area contributed by atoms with Crippen LogP contribution in [0.3, 0.4) is 0 Å². The van der Waals surface area contributed by atoms with Gasteiger partial charge in [-0.05, 0) is 22.0 Å². The summed E-state index contributed by atoms with van der Waals surface area (Å²) < 4.78 is 8.08. The number of aryl methyl sites for hydroxylation is 1. The average Bonchev–Trinajstić information content (AvgIpc) is 2.48. The fourth-order valence-electron chi connectivity index (χ4n) is 1.28. The van der Waals surface area contributed by atoms with Gasteiger partial charge in [0, 0.05) is 17.6 Å². The first-order chi connectivity index (χ1) is 6.22. The van der Waals surface area contributed by atoms with Crippen LogP contribution in [0, 0.1) is 0 Å². The van der Waals surface area contributed by atoms with Gasteiger partial charge >= 0.3 is 0 Å². The van der Waals surface area contributed by atoms with Crippen LogP contribution in [0.2, 0.25) is 0 Å². The van der Waals surface area contributed by atoms with E-state index in [4.69, 9.17) is 4.74 Å². The molecule has 1 aromatic heterocycles. The van der Waals surface area contributed by atoms with Gasteiger partial charge in [0.05, 0.1) is 19.0 Å². The fraction of sp³-hybridized carbons (Fsp3) is 0.222. The van der Waals surface area contributed by atoms with Gasteiger partial charge in [-0.2, -0.15) is 0 Å². The van der Waals surface area contributed by atoms with Crippen molar-refractivity contribution in [2.75, 3.05) is 7.11 Å². The summed E-state index contributed by atoms with van der Waals surface area (Å²) in [5, 5.41) is 0. The number of benzene rings is 1. The lowest BCUT2D eigenvalue weighted by Crippen LogP contribution is -1.87. The molecule has 0 N–H and O–H groups in total. The van der Waals surface area contributed by atoms with Crippen LogP contribution in [0.1, 0.15) is 0 Å². The first-order valence-electron chi connectivity index (χ1n) is 3.87. The normalized spacial score (nSPS) is 10.7. The van der Waals surface area contributed by atoms with E-state index >= 15 is 0 Å². The maximum atomic E-state index is 5.16. The Morgan fingerprint density at radius 3 is 2.92 bits per heavy atom. The van der Waals surface area contributed by atoms with Crippen LogP contribution in [0.15, 0.2) is 22.9 Å². The average molecular weight is 241 g/mol. The highest BCUT2D eigenvalue weighted by atomic mass is 79.9. The number of ether oxygens (including phenoxy) is 1. The maximum Gasteiger partial charge on any atom is 0.122 e. The Hall–Kier alpha value is -1.03. The Morgan fingerprint density at radius 1 is 1.46 bits per heavy atom. The Morgan fingerprint density at radius 2 is 2.23 bits per heavy atom. The third-order valence-electron chi connectivity index (χ3n) is 1.99. The molecule has 0 saturated carbocycles. The molecule has 0 fully saturated rings. The first kappa shape index (κ1) is 8.56. The lowest BCUT2D eigenvalue weighted by molar-refractivity contribution is 0.415. The van der Waals surface area contributed by atoms with Crippen LogP contribution in [0.4, 0.5) is 0 Å². The van der Waals surface area contributed by atoms with Crippen LogP contribution in [0.5, 0.6) is 5.75 Å². The fourth-order valence-corrected chi connectivity index (χ4v) is 1.81. The minimum atomic E-state index is 0.836. The van der Waals surface area contributed by atoms with Crippen molar-refractivity contribution in [3.05, 3.63) is 22.9 Å². The zero-order valence-electron chi connectivity index (χ0n) is 7.41. The highest BCUT2D eigenvalue weighted by Crippen LogP contribution is 2.27. The van der Waals surface area contributed by atoms with Gasteiger partial charge in [-0.25, -0.2) is 4.98 Å².